The van der Waals surface area contributed by atoms with E-state index in [4.69, 9.17) is 24.4 Å². The van der Waals surface area contributed by atoms with E-state index in [9.17, 15) is 8.42 Å². The van der Waals surface area contributed by atoms with Gasteiger partial charge in [0.1, 0.15) is 22.9 Å². The van der Waals surface area contributed by atoms with E-state index in [0.29, 0.717) is 66.7 Å². The molecule has 218 valence electrons. The molecule has 1 aliphatic heterocycles. The number of halogens is 1. The van der Waals surface area contributed by atoms with Gasteiger partial charge in [-0.3, -0.25) is 9.29 Å². The minimum absolute atomic E-state index is 0.102. The number of morpholine rings is 1. The third-order valence-electron chi connectivity index (χ3n) is 7.24. The van der Waals surface area contributed by atoms with Crippen LogP contribution < -0.4 is 14.4 Å². The van der Waals surface area contributed by atoms with Crippen molar-refractivity contribution >= 4 is 43.5 Å². The molecule has 5 aromatic rings. The van der Waals surface area contributed by atoms with Crippen molar-refractivity contribution in [3.63, 3.8) is 0 Å². The molecule has 1 saturated heterocycles. The number of ether oxygens (including phenoxy) is 2. The molecule has 10 nitrogen and oxygen atoms in total. The van der Waals surface area contributed by atoms with E-state index in [-0.39, 0.29) is 17.0 Å². The molecule has 12 heteroatoms. The second-order valence-electron chi connectivity index (χ2n) is 10.1. The van der Waals surface area contributed by atoms with Gasteiger partial charge in [-0.1, -0.05) is 31.2 Å². The van der Waals surface area contributed by atoms with Gasteiger partial charge in [0.25, 0.3) is 0 Å². The minimum Gasteiger partial charge on any atom is -0.494 e. The zero-order valence-electron chi connectivity index (χ0n) is 23.6. The number of hydrogen-bond acceptors (Lipinski definition) is 8. The summed E-state index contributed by atoms with van der Waals surface area (Å²) in [5.41, 5.74) is 2.89. The van der Waals surface area contributed by atoms with Crippen LogP contribution in [0.5, 0.6) is 5.75 Å². The first-order valence-corrected chi connectivity index (χ1v) is 15.4. The fourth-order valence-electron chi connectivity index (χ4n) is 5.32. The molecule has 6 rings (SSSR count). The van der Waals surface area contributed by atoms with Gasteiger partial charge in [-0.2, -0.15) is 4.98 Å². The lowest BCUT2D eigenvalue weighted by atomic mass is 10.0. The average molecular weight is 591 g/mol. The van der Waals surface area contributed by atoms with E-state index in [2.05, 4.69) is 9.62 Å². The van der Waals surface area contributed by atoms with Gasteiger partial charge in [-0.05, 0) is 49.2 Å². The molecule has 0 saturated carbocycles. The van der Waals surface area contributed by atoms with E-state index in [1.807, 2.05) is 41.8 Å². The second kappa shape index (κ2) is 11.2. The zero-order chi connectivity index (χ0) is 29.4. The van der Waals surface area contributed by atoms with Crippen molar-refractivity contribution in [1.29, 1.82) is 0 Å². The number of nitrogens with zero attached hydrogens (tertiary/aromatic N) is 5. The Kier molecular flexibility index (Phi) is 7.42. The van der Waals surface area contributed by atoms with E-state index < -0.39 is 15.8 Å². The maximum atomic E-state index is 15.8. The Hall–Kier alpha value is -4.29. The monoisotopic (exact) mass is 590 g/mol. The highest BCUT2D eigenvalue weighted by atomic mass is 32.2. The number of methoxy groups -OCH3 is 1. The van der Waals surface area contributed by atoms with Crippen molar-refractivity contribution in [2.45, 2.75) is 20.3 Å². The predicted octanol–water partition coefficient (Wildman–Crippen LogP) is 5.08. The Morgan fingerprint density at radius 2 is 1.83 bits per heavy atom. The van der Waals surface area contributed by atoms with Crippen molar-refractivity contribution in [1.82, 2.24) is 19.5 Å². The Morgan fingerprint density at radius 3 is 2.60 bits per heavy atom. The van der Waals surface area contributed by atoms with Gasteiger partial charge in [0.15, 0.2) is 5.82 Å². The number of sulfonamides is 1. The largest absolute Gasteiger partial charge is 0.494 e. The first-order valence-electron chi connectivity index (χ1n) is 13.8. The number of nitrogens with one attached hydrogen (secondary N) is 1. The molecule has 0 atom stereocenters. The zero-order valence-corrected chi connectivity index (χ0v) is 24.4. The Morgan fingerprint density at radius 1 is 1.05 bits per heavy atom. The molecule has 42 heavy (non-hydrogen) atoms. The predicted molar refractivity (Wildman–Crippen MR) is 162 cm³/mol. The summed E-state index contributed by atoms with van der Waals surface area (Å²) < 4.78 is 56.3. The number of rotatable bonds is 8. The van der Waals surface area contributed by atoms with Crippen LogP contribution in [0.4, 0.5) is 15.9 Å². The van der Waals surface area contributed by atoms with E-state index in [1.54, 1.807) is 25.1 Å². The second-order valence-corrected chi connectivity index (χ2v) is 11.9. The molecule has 3 heterocycles. The third kappa shape index (κ3) is 5.12. The molecule has 0 unspecified atom stereocenters. The summed E-state index contributed by atoms with van der Waals surface area (Å²) in [6.45, 7) is 5.98. The van der Waals surface area contributed by atoms with E-state index in [1.165, 1.54) is 13.2 Å². The van der Waals surface area contributed by atoms with Crippen LogP contribution >= 0.6 is 0 Å². The molecule has 2 aromatic heterocycles. The fourth-order valence-corrected chi connectivity index (χ4v) is 6.45. The van der Waals surface area contributed by atoms with Crippen LogP contribution in [0.15, 0.2) is 54.6 Å². The SMILES string of the molecule is CCCS(=O)(=O)Nc1cccc(-c2cc(OC)c3nc(-n4c(C)nc5ccccc54)nc(N4CCOCC4)c3c2)c1F. The Bertz CT molecular complexity index is 1900. The van der Waals surface area contributed by atoms with Gasteiger partial charge in [0, 0.05) is 24.0 Å². The van der Waals surface area contributed by atoms with Crippen LogP contribution in [0.1, 0.15) is 19.2 Å². The topological polar surface area (TPSA) is 111 Å². The van der Waals surface area contributed by atoms with Crippen molar-refractivity contribution in [3.05, 3.63) is 66.2 Å². The maximum absolute atomic E-state index is 15.8. The highest BCUT2D eigenvalue weighted by Gasteiger charge is 2.24. The maximum Gasteiger partial charge on any atom is 0.238 e. The molecule has 3 aromatic carbocycles. The first-order chi connectivity index (χ1) is 20.3. The van der Waals surface area contributed by atoms with Gasteiger partial charge in [-0.25, -0.2) is 22.8 Å². The van der Waals surface area contributed by atoms with Crippen LogP contribution in [0.2, 0.25) is 0 Å². The lowest BCUT2D eigenvalue weighted by Crippen LogP contribution is -2.37. The number of imidazole rings is 1. The van der Waals surface area contributed by atoms with E-state index in [0.717, 1.165) is 16.9 Å². The van der Waals surface area contributed by atoms with Gasteiger partial charge in [0.05, 0.1) is 42.8 Å². The molecule has 0 amide bonds. The average Bonchev–Trinajstić information content (AvgIpc) is 3.33. The highest BCUT2D eigenvalue weighted by Crippen LogP contribution is 2.38. The summed E-state index contributed by atoms with van der Waals surface area (Å²) in [5.74, 6) is 1.50. The highest BCUT2D eigenvalue weighted by molar-refractivity contribution is 7.92. The van der Waals surface area contributed by atoms with Crippen molar-refractivity contribution < 1.29 is 22.3 Å². The normalized spacial score (nSPS) is 14.0. The number of para-hydroxylation sites is 2. The molecule has 1 fully saturated rings. The molecular weight excluding hydrogens is 559 g/mol. The van der Waals surface area contributed by atoms with Gasteiger partial charge in [0.2, 0.25) is 16.0 Å². The summed E-state index contributed by atoms with van der Waals surface area (Å²) in [6, 6.07) is 16.0. The fraction of sp³-hybridized carbons (Fsp3) is 0.300. The standard InChI is InChI=1S/C30H31FN6O4S/c1-4-16-42(38,39)35-24-10-7-8-21(27(24)31)20-17-22-28(26(18-20)40-3)33-30(34-29(22)36-12-14-41-15-13-36)37-19(2)32-23-9-5-6-11-25(23)37/h5-11,17-18,35H,4,12-16H2,1-3H3. The number of anilines is 2. The van der Waals surface area contributed by atoms with Crippen LogP contribution in [-0.2, 0) is 14.8 Å². The Labute approximate surface area is 243 Å². The number of fused-ring (bicyclic) bond motifs is 2. The van der Waals surface area contributed by atoms with Gasteiger partial charge in [-0.15, -0.1) is 0 Å². The van der Waals surface area contributed by atoms with Crippen molar-refractivity contribution in [2.24, 2.45) is 0 Å². The molecule has 1 N–H and O–H groups in total. The van der Waals surface area contributed by atoms with Crippen LogP contribution in [0.3, 0.4) is 0 Å². The summed E-state index contributed by atoms with van der Waals surface area (Å²) in [5, 5.41) is 0.674. The summed E-state index contributed by atoms with van der Waals surface area (Å²) >= 11 is 0. The molecule has 1 aliphatic rings. The van der Waals surface area contributed by atoms with Crippen LogP contribution in [0, 0.1) is 12.7 Å². The minimum atomic E-state index is -3.68. The number of benzene rings is 3. The Balaban J connectivity index is 1.57. The summed E-state index contributed by atoms with van der Waals surface area (Å²) in [4.78, 5) is 16.8. The van der Waals surface area contributed by atoms with Gasteiger partial charge >= 0.3 is 0 Å². The van der Waals surface area contributed by atoms with Crippen molar-refractivity contribution in [2.75, 3.05) is 48.8 Å². The number of aryl methyl sites for hydroxylation is 1. The van der Waals surface area contributed by atoms with Crippen molar-refractivity contribution in [3.8, 4) is 22.8 Å². The summed E-state index contributed by atoms with van der Waals surface area (Å²) in [6.07, 6.45) is 0.416. The summed E-state index contributed by atoms with van der Waals surface area (Å²) in [7, 11) is -2.14. The molecule has 0 spiro atoms. The molecule has 0 aliphatic carbocycles. The quantitative estimate of drug-likeness (QED) is 0.266. The lowest BCUT2D eigenvalue weighted by molar-refractivity contribution is 0.122. The number of hydrogen-bond donors (Lipinski definition) is 1. The van der Waals surface area contributed by atoms with Crippen LogP contribution in [0.25, 0.3) is 39.0 Å². The third-order valence-corrected chi connectivity index (χ3v) is 8.72. The van der Waals surface area contributed by atoms with E-state index >= 15 is 4.39 Å². The molecule has 0 bridgehead atoms. The molecular formula is C30H31FN6O4S. The first kappa shape index (κ1) is 27.9. The lowest BCUT2D eigenvalue weighted by Gasteiger charge is -2.29. The number of aromatic nitrogens is 4. The molecule has 0 radical (unpaired) electrons. The smallest absolute Gasteiger partial charge is 0.238 e. The van der Waals surface area contributed by atoms with Gasteiger partial charge < -0.3 is 14.4 Å². The van der Waals surface area contributed by atoms with Crippen LogP contribution in [-0.4, -0.2) is 67.1 Å².